The number of ether oxygens (including phenoxy) is 3. The molecule has 0 aromatic rings. The van der Waals surface area contributed by atoms with Crippen LogP contribution in [0.5, 0.6) is 0 Å². The Morgan fingerprint density at radius 3 is 0.957 bits per heavy atom. The number of hydrogen-bond donors (Lipinski definition) is 3. The average molecular weight is 785 g/mol. The van der Waals surface area contributed by atoms with Crippen molar-refractivity contribution >= 4 is 55.4 Å². The Morgan fingerprint density at radius 1 is 0.468 bits per heavy atom. The van der Waals surface area contributed by atoms with Gasteiger partial charge in [-0.1, -0.05) is 0 Å². The summed E-state index contributed by atoms with van der Waals surface area (Å²) in [6, 6.07) is 0. The minimum absolute atomic E-state index is 0.0319. The number of rotatable bonds is 27. The molecule has 3 unspecified atom stereocenters. The zero-order valence-corrected chi connectivity index (χ0v) is 31.1. The molecule has 0 bridgehead atoms. The first-order valence-corrected chi connectivity index (χ1v) is 22.8. The molecule has 0 spiro atoms. The molecule has 0 fully saturated rings. The van der Waals surface area contributed by atoms with Crippen LogP contribution < -0.4 is 0 Å². The van der Waals surface area contributed by atoms with Crippen LogP contribution in [0.4, 0.5) is 0 Å². The molecule has 0 aromatic carbocycles. The Balaban J connectivity index is 5.36. The van der Waals surface area contributed by atoms with E-state index < -0.39 is 93.0 Å². The number of unbranched alkanes of at least 4 members (excludes halogenated alkanes) is 9. The molecule has 3 N–H and O–H groups in total. The summed E-state index contributed by atoms with van der Waals surface area (Å²) in [6.07, 6.45) is 1.21. The van der Waals surface area contributed by atoms with Gasteiger partial charge in [0.05, 0.1) is 0 Å². The van der Waals surface area contributed by atoms with Crippen molar-refractivity contribution in [1.82, 2.24) is 0 Å². The molecule has 47 heavy (non-hydrogen) atoms. The van der Waals surface area contributed by atoms with Crippen molar-refractivity contribution in [1.29, 1.82) is 0 Å². The van der Waals surface area contributed by atoms with E-state index in [9.17, 15) is 44.1 Å². The van der Waals surface area contributed by atoms with E-state index in [2.05, 4.69) is 0 Å². The van der Waals surface area contributed by atoms with E-state index in [1.54, 1.807) is 0 Å². The molecule has 0 rings (SSSR count). The van der Waals surface area contributed by atoms with E-state index in [4.69, 9.17) is 23.4 Å². The van der Waals surface area contributed by atoms with Crippen molar-refractivity contribution in [2.24, 2.45) is 0 Å². The molecule has 0 aromatic heterocycles. The Labute approximate surface area is 282 Å². The van der Waals surface area contributed by atoms with E-state index >= 15 is 0 Å². The van der Waals surface area contributed by atoms with Crippen molar-refractivity contribution in [3.63, 3.8) is 0 Å². The minimum atomic E-state index is -5.64. The summed E-state index contributed by atoms with van der Waals surface area (Å²) in [5, 5.41) is 30.3. The zero-order chi connectivity index (χ0) is 35.7. The first-order valence-electron chi connectivity index (χ1n) is 16.5. The van der Waals surface area contributed by atoms with Crippen molar-refractivity contribution in [2.45, 2.75) is 140 Å². The SMILES string of the molecule is CCCCCCOC(=O)C(O)CC(=O)[O][Sn]([CH3])([O]C(=O)CC(O)C(=O)OCCCCCC)[O]C(=O)CC(O)C(=O)OCCCCCC. The van der Waals surface area contributed by atoms with Crippen LogP contribution in [-0.2, 0) is 52.2 Å². The quantitative estimate of drug-likeness (QED) is 0.0472. The van der Waals surface area contributed by atoms with Gasteiger partial charge >= 0.3 is 283 Å². The maximum absolute atomic E-state index is 12.6. The van der Waals surface area contributed by atoms with Gasteiger partial charge in [-0.15, -0.1) is 0 Å². The number of carbonyl (C=O) groups excluding carboxylic acids is 6. The molecule has 0 radical (unpaired) electrons. The van der Waals surface area contributed by atoms with Crippen LogP contribution in [0.1, 0.15) is 117 Å². The molecule has 0 aliphatic carbocycles. The zero-order valence-electron chi connectivity index (χ0n) is 28.2. The van der Waals surface area contributed by atoms with Crippen LogP contribution in [-0.4, -0.2) is 109 Å². The molecule has 15 nitrogen and oxygen atoms in total. The second-order valence-electron chi connectivity index (χ2n) is 11.1. The molecule has 272 valence electrons. The van der Waals surface area contributed by atoms with Crippen LogP contribution in [0.25, 0.3) is 0 Å². The fraction of sp³-hybridized carbons (Fsp3) is 0.806. The van der Waals surface area contributed by atoms with Gasteiger partial charge in [0, 0.05) is 0 Å². The fourth-order valence-electron chi connectivity index (χ4n) is 3.92. The maximum atomic E-state index is 12.6. The Bertz CT molecular complexity index is 840. The molecule has 0 aliphatic rings. The van der Waals surface area contributed by atoms with Crippen LogP contribution in [0, 0.1) is 0 Å². The molecular weight excluding hydrogens is 731 g/mol. The van der Waals surface area contributed by atoms with Crippen molar-refractivity contribution < 1.29 is 67.5 Å². The van der Waals surface area contributed by atoms with Gasteiger partial charge in [0.25, 0.3) is 0 Å². The van der Waals surface area contributed by atoms with Gasteiger partial charge in [-0.2, -0.15) is 0 Å². The van der Waals surface area contributed by atoms with Crippen LogP contribution in [0.15, 0.2) is 0 Å². The van der Waals surface area contributed by atoms with Gasteiger partial charge in [-0.25, -0.2) is 0 Å². The number of carbonyl (C=O) groups is 6. The van der Waals surface area contributed by atoms with Crippen LogP contribution in [0.2, 0.25) is 4.94 Å². The summed E-state index contributed by atoms with van der Waals surface area (Å²) in [7, 11) is 0. The predicted octanol–water partition coefficient (Wildman–Crippen LogP) is 2.81. The number of aliphatic hydroxyl groups is 3. The fourth-order valence-corrected chi connectivity index (χ4v) is 8.54. The predicted molar refractivity (Wildman–Crippen MR) is 167 cm³/mol. The normalized spacial score (nSPS) is 14.1. The van der Waals surface area contributed by atoms with Gasteiger partial charge in [0.15, 0.2) is 0 Å². The third kappa shape index (κ3) is 22.7. The number of aliphatic hydroxyl groups excluding tert-OH is 3. The first-order chi connectivity index (χ1) is 22.3. The number of hydrogen-bond acceptors (Lipinski definition) is 15. The van der Waals surface area contributed by atoms with Gasteiger partial charge < -0.3 is 0 Å². The van der Waals surface area contributed by atoms with E-state index in [0.29, 0.717) is 19.3 Å². The third-order valence-electron chi connectivity index (χ3n) is 6.52. The van der Waals surface area contributed by atoms with E-state index in [1.807, 2.05) is 20.8 Å². The van der Waals surface area contributed by atoms with Gasteiger partial charge in [0.2, 0.25) is 0 Å². The molecular formula is C31H54O15Sn. The van der Waals surface area contributed by atoms with Crippen LogP contribution in [0.3, 0.4) is 0 Å². The number of esters is 3. The monoisotopic (exact) mass is 786 g/mol. The Hall–Kier alpha value is -2.50. The van der Waals surface area contributed by atoms with Crippen molar-refractivity contribution in [2.75, 3.05) is 19.8 Å². The van der Waals surface area contributed by atoms with Gasteiger partial charge in [-0.05, 0) is 0 Å². The summed E-state index contributed by atoms with van der Waals surface area (Å²) in [6.45, 7) is 6.12. The second-order valence-corrected chi connectivity index (χ2v) is 17.8. The second kappa shape index (κ2) is 26.5. The standard InChI is InChI=1S/3C10H18O5.CH3.Sn/c3*1-2-3-4-5-6-15-10(14)8(11)7-9(12)13;;/h3*8,11H,2-7H2,1H3,(H,12,13);1H3;/q;;;;+3/p-3. The summed E-state index contributed by atoms with van der Waals surface area (Å²) in [5.41, 5.74) is 0. The molecule has 0 aliphatic heterocycles. The van der Waals surface area contributed by atoms with Crippen molar-refractivity contribution in [3.05, 3.63) is 0 Å². The van der Waals surface area contributed by atoms with Crippen LogP contribution >= 0.6 is 0 Å². The topological polar surface area (TPSA) is 218 Å². The molecule has 0 saturated carbocycles. The first kappa shape index (κ1) is 44.5. The molecule has 0 amide bonds. The third-order valence-corrected chi connectivity index (χ3v) is 11.6. The molecule has 0 saturated heterocycles. The Morgan fingerprint density at radius 2 is 0.723 bits per heavy atom. The summed E-state index contributed by atoms with van der Waals surface area (Å²) in [5.74, 6) is -7.10. The van der Waals surface area contributed by atoms with E-state index in [0.717, 1.165) is 62.7 Å². The van der Waals surface area contributed by atoms with Gasteiger partial charge in [0.1, 0.15) is 0 Å². The molecule has 3 atom stereocenters. The molecule has 0 heterocycles. The average Bonchev–Trinajstić information content (AvgIpc) is 2.99. The summed E-state index contributed by atoms with van der Waals surface area (Å²) >= 11 is -5.64. The molecule has 16 heteroatoms. The Kier molecular flexibility index (Phi) is 25.0. The van der Waals surface area contributed by atoms with E-state index in [1.165, 1.54) is 0 Å². The summed E-state index contributed by atoms with van der Waals surface area (Å²) in [4.78, 5) is 75.1. The summed E-state index contributed by atoms with van der Waals surface area (Å²) < 4.78 is 30.3. The van der Waals surface area contributed by atoms with E-state index in [-0.39, 0.29) is 19.8 Å². The van der Waals surface area contributed by atoms with Gasteiger partial charge in [-0.3, -0.25) is 0 Å². The van der Waals surface area contributed by atoms with Crippen molar-refractivity contribution in [3.8, 4) is 0 Å².